The zero-order valence-corrected chi connectivity index (χ0v) is 15.2. The van der Waals surface area contributed by atoms with Crippen LogP contribution in [0.15, 0.2) is 36.7 Å². The molecule has 2 rings (SSSR count). The summed E-state index contributed by atoms with van der Waals surface area (Å²) in [6.45, 7) is 1.47. The molecule has 8 nitrogen and oxygen atoms in total. The Hall–Kier alpha value is -2.87. The fourth-order valence-corrected chi connectivity index (χ4v) is 2.37. The zero-order chi connectivity index (χ0) is 18.9. The Morgan fingerprint density at radius 2 is 2.00 bits per heavy atom. The van der Waals surface area contributed by atoms with Crippen LogP contribution in [0, 0.1) is 0 Å². The number of amides is 2. The van der Waals surface area contributed by atoms with Gasteiger partial charge in [0.1, 0.15) is 6.54 Å². The smallest absolute Gasteiger partial charge is 0.241 e. The van der Waals surface area contributed by atoms with E-state index in [1.54, 1.807) is 6.20 Å². The SMILES string of the molecule is CN(C)CCNC(=O)Cn1cc(NC(=O)CCc2ccccc2N)cn1. The summed E-state index contributed by atoms with van der Waals surface area (Å²) in [5, 5.41) is 9.69. The monoisotopic (exact) mass is 358 g/mol. The van der Waals surface area contributed by atoms with Gasteiger partial charge in [-0.15, -0.1) is 0 Å². The normalized spacial score (nSPS) is 10.7. The van der Waals surface area contributed by atoms with E-state index in [1.807, 2.05) is 43.3 Å². The minimum Gasteiger partial charge on any atom is -0.399 e. The number of para-hydroxylation sites is 1. The van der Waals surface area contributed by atoms with Crippen molar-refractivity contribution in [3.8, 4) is 0 Å². The first-order chi connectivity index (χ1) is 12.4. The Morgan fingerprint density at radius 3 is 2.73 bits per heavy atom. The van der Waals surface area contributed by atoms with Crippen molar-refractivity contribution in [2.45, 2.75) is 19.4 Å². The molecule has 0 bridgehead atoms. The third-order valence-corrected chi connectivity index (χ3v) is 3.78. The van der Waals surface area contributed by atoms with Gasteiger partial charge in [0.05, 0.1) is 11.9 Å². The summed E-state index contributed by atoms with van der Waals surface area (Å²) in [7, 11) is 3.89. The number of hydrogen-bond donors (Lipinski definition) is 3. The van der Waals surface area contributed by atoms with E-state index in [2.05, 4.69) is 15.7 Å². The van der Waals surface area contributed by atoms with Gasteiger partial charge in [0, 0.05) is 31.4 Å². The molecule has 0 fully saturated rings. The highest BCUT2D eigenvalue weighted by atomic mass is 16.2. The molecule has 0 atom stereocenters. The first-order valence-corrected chi connectivity index (χ1v) is 8.51. The standard InChI is InChI=1S/C18H26N6O2/c1-23(2)10-9-20-18(26)13-24-12-15(11-21-24)22-17(25)8-7-14-5-3-4-6-16(14)19/h3-6,11-12H,7-10,13,19H2,1-2H3,(H,20,26)(H,22,25). The highest BCUT2D eigenvalue weighted by Gasteiger charge is 2.08. The van der Waals surface area contributed by atoms with Crippen LogP contribution in [0.3, 0.4) is 0 Å². The molecular weight excluding hydrogens is 332 g/mol. The van der Waals surface area contributed by atoms with Gasteiger partial charge >= 0.3 is 0 Å². The van der Waals surface area contributed by atoms with Crippen LogP contribution in [0.2, 0.25) is 0 Å². The number of likely N-dealkylation sites (N-methyl/N-ethyl adjacent to an activating group) is 1. The maximum atomic E-state index is 12.1. The number of nitrogen functional groups attached to an aromatic ring is 1. The minimum absolute atomic E-state index is 0.115. The van der Waals surface area contributed by atoms with Crippen molar-refractivity contribution in [3.63, 3.8) is 0 Å². The Balaban J connectivity index is 1.76. The van der Waals surface area contributed by atoms with Crippen molar-refractivity contribution in [2.24, 2.45) is 0 Å². The molecule has 0 aliphatic heterocycles. The number of anilines is 2. The molecule has 0 spiro atoms. The van der Waals surface area contributed by atoms with Crippen LogP contribution in [0.25, 0.3) is 0 Å². The Kier molecular flexibility index (Phi) is 7.16. The number of carbonyl (C=O) groups is 2. The van der Waals surface area contributed by atoms with Gasteiger partial charge in [0.25, 0.3) is 0 Å². The average Bonchev–Trinajstić information content (AvgIpc) is 3.00. The number of rotatable bonds is 9. The molecule has 26 heavy (non-hydrogen) atoms. The van der Waals surface area contributed by atoms with Crippen LogP contribution in [0.5, 0.6) is 0 Å². The summed E-state index contributed by atoms with van der Waals surface area (Å²) in [6.07, 6.45) is 4.06. The summed E-state index contributed by atoms with van der Waals surface area (Å²) in [4.78, 5) is 25.9. The van der Waals surface area contributed by atoms with E-state index in [0.717, 1.165) is 12.1 Å². The molecule has 0 unspecified atom stereocenters. The maximum Gasteiger partial charge on any atom is 0.241 e. The summed E-state index contributed by atoms with van der Waals surface area (Å²) in [5.41, 5.74) is 8.08. The molecule has 2 aromatic rings. The number of nitrogens with zero attached hydrogens (tertiary/aromatic N) is 3. The summed E-state index contributed by atoms with van der Waals surface area (Å²) in [5.74, 6) is -0.240. The van der Waals surface area contributed by atoms with Gasteiger partial charge in [-0.2, -0.15) is 5.10 Å². The van der Waals surface area contributed by atoms with Crippen LogP contribution in [0.4, 0.5) is 11.4 Å². The van der Waals surface area contributed by atoms with Gasteiger partial charge in [-0.1, -0.05) is 18.2 Å². The topological polar surface area (TPSA) is 105 Å². The Bertz CT molecular complexity index is 741. The number of carbonyl (C=O) groups excluding carboxylic acids is 2. The quantitative estimate of drug-likeness (QED) is 0.573. The fourth-order valence-electron chi connectivity index (χ4n) is 2.37. The summed E-state index contributed by atoms with van der Waals surface area (Å²) < 4.78 is 1.50. The lowest BCUT2D eigenvalue weighted by atomic mass is 10.1. The molecule has 0 aliphatic rings. The van der Waals surface area contributed by atoms with E-state index < -0.39 is 0 Å². The molecule has 1 aromatic heterocycles. The molecule has 0 radical (unpaired) electrons. The predicted octanol–water partition coefficient (Wildman–Crippen LogP) is 0.714. The number of nitrogens with two attached hydrogens (primary N) is 1. The number of hydrogen-bond acceptors (Lipinski definition) is 5. The highest BCUT2D eigenvalue weighted by molar-refractivity contribution is 5.90. The van der Waals surface area contributed by atoms with Gasteiger partial charge in [-0.05, 0) is 32.1 Å². The lowest BCUT2D eigenvalue weighted by Crippen LogP contribution is -2.33. The van der Waals surface area contributed by atoms with Crippen LogP contribution < -0.4 is 16.4 Å². The predicted molar refractivity (Wildman–Crippen MR) is 102 cm³/mol. The summed E-state index contributed by atoms with van der Waals surface area (Å²) >= 11 is 0. The van der Waals surface area contributed by atoms with Crippen LogP contribution in [0.1, 0.15) is 12.0 Å². The van der Waals surface area contributed by atoms with Gasteiger partial charge in [0.2, 0.25) is 11.8 Å². The number of aromatic nitrogens is 2. The van der Waals surface area contributed by atoms with E-state index in [4.69, 9.17) is 5.73 Å². The average molecular weight is 358 g/mol. The lowest BCUT2D eigenvalue weighted by Gasteiger charge is -2.10. The van der Waals surface area contributed by atoms with Gasteiger partial charge in [0.15, 0.2) is 0 Å². The van der Waals surface area contributed by atoms with E-state index in [0.29, 0.717) is 30.8 Å². The van der Waals surface area contributed by atoms with Crippen LogP contribution in [-0.2, 0) is 22.6 Å². The van der Waals surface area contributed by atoms with Crippen molar-refractivity contribution in [2.75, 3.05) is 38.2 Å². The van der Waals surface area contributed by atoms with Crippen molar-refractivity contribution >= 4 is 23.2 Å². The molecule has 8 heteroatoms. The van der Waals surface area contributed by atoms with Crippen LogP contribution >= 0.6 is 0 Å². The maximum absolute atomic E-state index is 12.1. The van der Waals surface area contributed by atoms with E-state index in [-0.39, 0.29) is 18.4 Å². The molecule has 0 aliphatic carbocycles. The third kappa shape index (κ3) is 6.56. The first-order valence-electron chi connectivity index (χ1n) is 8.51. The van der Waals surface area contributed by atoms with E-state index >= 15 is 0 Å². The molecular formula is C18H26N6O2. The molecule has 0 saturated carbocycles. The van der Waals surface area contributed by atoms with Gasteiger partial charge in [-0.25, -0.2) is 0 Å². The van der Waals surface area contributed by atoms with Crippen molar-refractivity contribution < 1.29 is 9.59 Å². The first kappa shape index (κ1) is 19.5. The fraction of sp³-hybridized carbons (Fsp3) is 0.389. The van der Waals surface area contributed by atoms with E-state index in [1.165, 1.54) is 10.9 Å². The second-order valence-corrected chi connectivity index (χ2v) is 6.33. The largest absolute Gasteiger partial charge is 0.399 e. The molecule has 1 heterocycles. The second kappa shape index (κ2) is 9.57. The molecule has 0 saturated heterocycles. The number of benzene rings is 1. The summed E-state index contributed by atoms with van der Waals surface area (Å²) in [6, 6.07) is 7.50. The van der Waals surface area contributed by atoms with Crippen LogP contribution in [-0.4, -0.2) is 53.7 Å². The molecule has 140 valence electrons. The van der Waals surface area contributed by atoms with Crippen molar-refractivity contribution in [3.05, 3.63) is 42.2 Å². The zero-order valence-electron chi connectivity index (χ0n) is 15.2. The van der Waals surface area contributed by atoms with Gasteiger partial charge < -0.3 is 21.3 Å². The van der Waals surface area contributed by atoms with Gasteiger partial charge in [-0.3, -0.25) is 14.3 Å². The molecule has 4 N–H and O–H groups in total. The Morgan fingerprint density at radius 1 is 1.23 bits per heavy atom. The van der Waals surface area contributed by atoms with E-state index in [9.17, 15) is 9.59 Å². The molecule has 2 amide bonds. The number of aryl methyl sites for hydroxylation is 1. The third-order valence-electron chi connectivity index (χ3n) is 3.78. The number of nitrogens with one attached hydrogen (secondary N) is 2. The van der Waals surface area contributed by atoms with Crippen molar-refractivity contribution in [1.82, 2.24) is 20.0 Å². The second-order valence-electron chi connectivity index (χ2n) is 6.33. The lowest BCUT2D eigenvalue weighted by molar-refractivity contribution is -0.121. The molecule has 1 aromatic carbocycles. The minimum atomic E-state index is -0.122. The van der Waals surface area contributed by atoms with Crippen molar-refractivity contribution in [1.29, 1.82) is 0 Å². The Labute approximate surface area is 153 Å². The highest BCUT2D eigenvalue weighted by Crippen LogP contribution is 2.13.